The monoisotopic (exact) mass is 656 g/mol. The SMILES string of the molecule is COc1cc(-c2ccccc2OS(C)(=O)=O)c(OC)c(OS(C)(=O)=O)c1-c1ccc(OCC=C(C)C)c(OS(C)(=O)=O)c1. The summed E-state index contributed by atoms with van der Waals surface area (Å²) in [6, 6.07) is 11.9. The number of hydrogen-bond acceptors (Lipinski definition) is 12. The topological polar surface area (TPSA) is 158 Å². The number of benzene rings is 3. The second kappa shape index (κ2) is 13.1. The predicted octanol–water partition coefficient (Wildman–Crippen LogP) is 4.40. The van der Waals surface area contributed by atoms with Gasteiger partial charge < -0.3 is 26.8 Å². The summed E-state index contributed by atoms with van der Waals surface area (Å²) in [6.45, 7) is 3.88. The number of rotatable bonds is 13. The van der Waals surface area contributed by atoms with Crippen molar-refractivity contribution >= 4 is 30.4 Å². The van der Waals surface area contributed by atoms with E-state index in [0.29, 0.717) is 0 Å². The van der Waals surface area contributed by atoms with Crippen molar-refractivity contribution < 1.29 is 52.0 Å². The summed E-state index contributed by atoms with van der Waals surface area (Å²) in [6.07, 6.45) is 4.36. The first-order chi connectivity index (χ1) is 19.9. The molecule has 3 aromatic rings. The molecule has 43 heavy (non-hydrogen) atoms. The first kappa shape index (κ1) is 33.6. The summed E-state index contributed by atoms with van der Waals surface area (Å²) in [5.41, 5.74) is 1.65. The lowest BCUT2D eigenvalue weighted by molar-refractivity contribution is 0.347. The highest BCUT2D eigenvalue weighted by atomic mass is 32.2. The zero-order chi connectivity index (χ0) is 32.2. The van der Waals surface area contributed by atoms with E-state index in [4.69, 9.17) is 26.8 Å². The van der Waals surface area contributed by atoms with Gasteiger partial charge >= 0.3 is 30.4 Å². The number of methoxy groups -OCH3 is 2. The quantitative estimate of drug-likeness (QED) is 0.189. The highest BCUT2D eigenvalue weighted by molar-refractivity contribution is 7.86. The van der Waals surface area contributed by atoms with E-state index in [0.717, 1.165) is 24.3 Å². The summed E-state index contributed by atoms with van der Waals surface area (Å²) in [7, 11) is -9.56. The molecule has 0 unspecified atom stereocenters. The molecule has 0 saturated carbocycles. The maximum Gasteiger partial charge on any atom is 0.306 e. The molecule has 3 aromatic carbocycles. The van der Waals surface area contributed by atoms with Gasteiger partial charge in [-0.15, -0.1) is 0 Å². The fourth-order valence-corrected chi connectivity index (χ4v) is 5.31. The Labute approximate surface area is 252 Å². The third kappa shape index (κ3) is 9.27. The lowest BCUT2D eigenvalue weighted by atomic mass is 9.96. The molecule has 0 heterocycles. The van der Waals surface area contributed by atoms with Crippen LogP contribution in [0.15, 0.2) is 60.2 Å². The van der Waals surface area contributed by atoms with Crippen molar-refractivity contribution in [2.45, 2.75) is 13.8 Å². The molecule has 0 bridgehead atoms. The first-order valence-corrected chi connectivity index (χ1v) is 17.8. The van der Waals surface area contributed by atoms with E-state index >= 15 is 0 Å². The molecule has 0 spiro atoms. The third-order valence-electron chi connectivity index (χ3n) is 5.48. The van der Waals surface area contributed by atoms with Gasteiger partial charge in [-0.1, -0.05) is 29.8 Å². The van der Waals surface area contributed by atoms with E-state index < -0.39 is 30.4 Å². The Morgan fingerprint density at radius 1 is 0.651 bits per heavy atom. The van der Waals surface area contributed by atoms with Gasteiger partial charge in [0, 0.05) is 11.1 Å². The first-order valence-electron chi connectivity index (χ1n) is 12.4. The molecule has 234 valence electrons. The highest BCUT2D eigenvalue weighted by Gasteiger charge is 2.28. The van der Waals surface area contributed by atoms with Crippen molar-refractivity contribution in [1.82, 2.24) is 0 Å². The third-order valence-corrected chi connectivity index (χ3v) is 6.91. The Balaban J connectivity index is 2.39. The fraction of sp³-hybridized carbons (Fsp3) is 0.286. The van der Waals surface area contributed by atoms with Gasteiger partial charge in [0.05, 0.1) is 38.6 Å². The number of para-hydroxylation sites is 1. The lowest BCUT2D eigenvalue weighted by Gasteiger charge is -2.22. The minimum Gasteiger partial charge on any atom is -0.496 e. The molecule has 0 fully saturated rings. The van der Waals surface area contributed by atoms with Crippen LogP contribution in [0, 0.1) is 0 Å². The highest BCUT2D eigenvalue weighted by Crippen LogP contribution is 2.53. The van der Waals surface area contributed by atoms with Crippen molar-refractivity contribution in [2.24, 2.45) is 0 Å². The minimum absolute atomic E-state index is 0.0595. The molecule has 0 aliphatic rings. The molecule has 0 aromatic heterocycles. The Morgan fingerprint density at radius 2 is 1.26 bits per heavy atom. The van der Waals surface area contributed by atoms with E-state index in [1.165, 1.54) is 44.6 Å². The molecule has 12 nitrogen and oxygen atoms in total. The lowest BCUT2D eigenvalue weighted by Crippen LogP contribution is -2.10. The fourth-order valence-electron chi connectivity index (χ4n) is 3.92. The van der Waals surface area contributed by atoms with Crippen LogP contribution in [0.25, 0.3) is 22.3 Å². The smallest absolute Gasteiger partial charge is 0.306 e. The largest absolute Gasteiger partial charge is 0.496 e. The standard InChI is InChI=1S/C28H32O12S3/c1-18(2)14-15-37-23-13-12-19(16-24(23)39-42(6,31)32)26-25(35-3)17-21(27(36-4)28(26)40-43(7,33)34)20-10-8-9-11-22(20)38-41(5,29)30/h8-14,16-17H,15H2,1-7H3. The maximum absolute atomic E-state index is 12.5. The predicted molar refractivity (Wildman–Crippen MR) is 162 cm³/mol. The van der Waals surface area contributed by atoms with Crippen molar-refractivity contribution in [3.63, 3.8) is 0 Å². The average Bonchev–Trinajstić information content (AvgIpc) is 2.86. The Morgan fingerprint density at radius 3 is 1.81 bits per heavy atom. The van der Waals surface area contributed by atoms with Gasteiger partial charge in [-0.2, -0.15) is 25.3 Å². The zero-order valence-corrected chi connectivity index (χ0v) is 27.0. The van der Waals surface area contributed by atoms with E-state index in [1.54, 1.807) is 24.3 Å². The van der Waals surface area contributed by atoms with Gasteiger partial charge in [0.15, 0.2) is 28.7 Å². The van der Waals surface area contributed by atoms with Crippen molar-refractivity contribution in [3.05, 3.63) is 60.2 Å². The van der Waals surface area contributed by atoms with Crippen LogP contribution in [0.2, 0.25) is 0 Å². The van der Waals surface area contributed by atoms with Crippen molar-refractivity contribution in [2.75, 3.05) is 39.6 Å². The van der Waals surface area contributed by atoms with Crippen LogP contribution in [-0.4, -0.2) is 64.8 Å². The van der Waals surface area contributed by atoms with Gasteiger partial charge in [0.25, 0.3) is 0 Å². The second-order valence-corrected chi connectivity index (χ2v) is 14.2. The van der Waals surface area contributed by atoms with Crippen molar-refractivity contribution in [3.8, 4) is 56.8 Å². The van der Waals surface area contributed by atoms with Crippen LogP contribution in [-0.2, 0) is 30.4 Å². The van der Waals surface area contributed by atoms with Crippen LogP contribution >= 0.6 is 0 Å². The normalized spacial score (nSPS) is 11.8. The van der Waals surface area contributed by atoms with Crippen LogP contribution in [0.4, 0.5) is 0 Å². The molecular weight excluding hydrogens is 624 g/mol. The van der Waals surface area contributed by atoms with Gasteiger partial charge in [-0.3, -0.25) is 0 Å². The number of allylic oxidation sites excluding steroid dienone is 1. The van der Waals surface area contributed by atoms with E-state index in [9.17, 15) is 25.3 Å². The van der Waals surface area contributed by atoms with Gasteiger partial charge in [0.1, 0.15) is 12.4 Å². The maximum atomic E-state index is 12.5. The van der Waals surface area contributed by atoms with Gasteiger partial charge in [-0.25, -0.2) is 0 Å². The summed E-state index contributed by atoms with van der Waals surface area (Å²) >= 11 is 0. The molecule has 3 rings (SSSR count). The van der Waals surface area contributed by atoms with E-state index in [-0.39, 0.29) is 63.4 Å². The molecule has 0 N–H and O–H groups in total. The second-order valence-electron chi connectivity index (χ2n) is 9.48. The van der Waals surface area contributed by atoms with Gasteiger partial charge in [0.2, 0.25) is 0 Å². The zero-order valence-electron chi connectivity index (χ0n) is 24.5. The minimum atomic E-state index is -4.19. The Kier molecular flexibility index (Phi) is 10.3. The van der Waals surface area contributed by atoms with E-state index in [1.807, 2.05) is 13.8 Å². The molecule has 0 saturated heterocycles. The molecule has 15 heteroatoms. The van der Waals surface area contributed by atoms with Crippen LogP contribution in [0.5, 0.6) is 34.5 Å². The number of hydrogen-bond donors (Lipinski definition) is 0. The summed E-state index contributed by atoms with van der Waals surface area (Å²) in [5, 5.41) is 0. The van der Waals surface area contributed by atoms with Crippen LogP contribution in [0.1, 0.15) is 13.8 Å². The summed E-state index contributed by atoms with van der Waals surface area (Å²) in [4.78, 5) is 0. The summed E-state index contributed by atoms with van der Waals surface area (Å²) < 4.78 is 106. The molecular formula is C28H32O12S3. The van der Waals surface area contributed by atoms with Crippen molar-refractivity contribution in [1.29, 1.82) is 0 Å². The molecule has 0 aliphatic heterocycles. The van der Waals surface area contributed by atoms with Gasteiger partial charge in [-0.05, 0) is 49.8 Å². The molecule has 0 radical (unpaired) electrons. The Hall–Kier alpha value is -3.95. The van der Waals surface area contributed by atoms with Crippen LogP contribution in [0.3, 0.4) is 0 Å². The van der Waals surface area contributed by atoms with E-state index in [2.05, 4.69) is 0 Å². The molecule has 0 atom stereocenters. The van der Waals surface area contributed by atoms with Crippen LogP contribution < -0.4 is 26.8 Å². The average molecular weight is 657 g/mol. The molecule has 0 amide bonds. The summed E-state index contributed by atoms with van der Waals surface area (Å²) in [5.74, 6) is -0.509. The number of ether oxygens (including phenoxy) is 3. The molecule has 0 aliphatic carbocycles. The Bertz CT molecular complexity index is 1860.